The number of carbonyl (C=O) groups excluding carboxylic acids is 2. The molecule has 0 unspecified atom stereocenters. The summed E-state index contributed by atoms with van der Waals surface area (Å²) < 4.78 is 10.9. The van der Waals surface area contributed by atoms with Gasteiger partial charge in [0.1, 0.15) is 11.8 Å². The molecule has 4 rings (SSSR count). The highest BCUT2D eigenvalue weighted by molar-refractivity contribution is 5.94. The minimum absolute atomic E-state index is 0.0633. The molecular formula is C25H24N2O4. The molecule has 0 spiro atoms. The number of nitrogens with zero attached hydrogens (tertiary/aromatic N) is 1. The summed E-state index contributed by atoms with van der Waals surface area (Å²) in [5.41, 5.74) is 2.79. The molecule has 0 saturated carbocycles. The highest BCUT2D eigenvalue weighted by Crippen LogP contribution is 2.29. The van der Waals surface area contributed by atoms with Crippen LogP contribution in [0, 0.1) is 0 Å². The minimum Gasteiger partial charge on any atom is -0.468 e. The number of para-hydroxylation sites is 3. The van der Waals surface area contributed by atoms with Gasteiger partial charge >= 0.3 is 5.97 Å². The molecule has 0 radical (unpaired) electrons. The van der Waals surface area contributed by atoms with Crippen molar-refractivity contribution in [2.24, 2.45) is 0 Å². The van der Waals surface area contributed by atoms with E-state index in [0.29, 0.717) is 30.2 Å². The summed E-state index contributed by atoms with van der Waals surface area (Å²) in [4.78, 5) is 27.1. The van der Waals surface area contributed by atoms with Crippen molar-refractivity contribution in [3.63, 3.8) is 0 Å². The standard InChI is InChI=1S/C25H24N2O4/c1-30-25(29)22-15-18-9-5-6-10-19(18)16-27(22)17-24(28)26-21-13-7-8-14-23(21)31-20-11-3-2-4-12-20/h2-14,22H,15-17H2,1H3,(H,26,28)/t22-/m0/s1. The summed E-state index contributed by atoms with van der Waals surface area (Å²) in [6, 6.07) is 24.1. The van der Waals surface area contributed by atoms with Gasteiger partial charge in [-0.05, 0) is 41.8 Å². The maximum atomic E-state index is 12.9. The zero-order chi connectivity index (χ0) is 21.6. The van der Waals surface area contributed by atoms with Crippen LogP contribution in [0.2, 0.25) is 0 Å². The summed E-state index contributed by atoms with van der Waals surface area (Å²) in [6.45, 7) is 0.569. The molecule has 158 valence electrons. The zero-order valence-electron chi connectivity index (χ0n) is 17.3. The maximum Gasteiger partial charge on any atom is 0.323 e. The van der Waals surface area contributed by atoms with Crippen molar-refractivity contribution in [3.05, 3.63) is 90.0 Å². The van der Waals surface area contributed by atoms with Gasteiger partial charge in [-0.15, -0.1) is 0 Å². The predicted octanol–water partition coefficient (Wildman–Crippen LogP) is 4.02. The monoisotopic (exact) mass is 416 g/mol. The molecule has 1 heterocycles. The van der Waals surface area contributed by atoms with Crippen LogP contribution >= 0.6 is 0 Å². The van der Waals surface area contributed by atoms with Crippen molar-refractivity contribution in [1.82, 2.24) is 4.90 Å². The maximum absolute atomic E-state index is 12.9. The molecule has 6 heteroatoms. The van der Waals surface area contributed by atoms with E-state index in [1.54, 1.807) is 12.1 Å². The number of hydrogen-bond acceptors (Lipinski definition) is 5. The van der Waals surface area contributed by atoms with Gasteiger partial charge in [0.15, 0.2) is 5.75 Å². The second-order valence-corrected chi connectivity index (χ2v) is 7.38. The molecule has 0 aliphatic carbocycles. The van der Waals surface area contributed by atoms with Crippen LogP contribution in [0.1, 0.15) is 11.1 Å². The number of methoxy groups -OCH3 is 1. The van der Waals surface area contributed by atoms with Gasteiger partial charge in [0.25, 0.3) is 0 Å². The molecule has 0 fully saturated rings. The van der Waals surface area contributed by atoms with E-state index in [1.165, 1.54) is 7.11 Å². The first-order valence-electron chi connectivity index (χ1n) is 10.1. The first-order chi connectivity index (χ1) is 15.1. The first kappa shape index (κ1) is 20.6. The number of carbonyl (C=O) groups is 2. The second kappa shape index (κ2) is 9.45. The lowest BCUT2D eigenvalue weighted by Crippen LogP contribution is -2.49. The van der Waals surface area contributed by atoms with E-state index in [-0.39, 0.29) is 18.4 Å². The fourth-order valence-corrected chi connectivity index (χ4v) is 3.76. The summed E-state index contributed by atoms with van der Waals surface area (Å²) in [5.74, 6) is 0.672. The molecule has 0 aromatic heterocycles. The molecule has 1 amide bonds. The zero-order valence-corrected chi connectivity index (χ0v) is 17.3. The quantitative estimate of drug-likeness (QED) is 0.615. The van der Waals surface area contributed by atoms with Crippen LogP contribution in [-0.4, -0.2) is 36.5 Å². The highest BCUT2D eigenvalue weighted by atomic mass is 16.5. The fraction of sp³-hybridized carbons (Fsp3) is 0.200. The Morgan fingerprint density at radius 1 is 0.935 bits per heavy atom. The Kier molecular flexibility index (Phi) is 6.29. The third-order valence-electron chi connectivity index (χ3n) is 5.30. The van der Waals surface area contributed by atoms with Crippen LogP contribution in [0.3, 0.4) is 0 Å². The molecule has 0 saturated heterocycles. The Morgan fingerprint density at radius 2 is 1.61 bits per heavy atom. The van der Waals surface area contributed by atoms with Gasteiger partial charge in [0.05, 0.1) is 19.3 Å². The van der Waals surface area contributed by atoms with E-state index in [4.69, 9.17) is 9.47 Å². The minimum atomic E-state index is -0.499. The summed E-state index contributed by atoms with van der Waals surface area (Å²) >= 11 is 0. The third-order valence-corrected chi connectivity index (χ3v) is 5.30. The van der Waals surface area contributed by atoms with Crippen LogP contribution in [-0.2, 0) is 27.3 Å². The third kappa shape index (κ3) is 4.92. The number of hydrogen-bond donors (Lipinski definition) is 1. The molecule has 1 atom stereocenters. The van der Waals surface area contributed by atoms with Crippen molar-refractivity contribution in [2.75, 3.05) is 19.0 Å². The Hall–Kier alpha value is -3.64. The van der Waals surface area contributed by atoms with Gasteiger partial charge in [-0.3, -0.25) is 14.5 Å². The van der Waals surface area contributed by atoms with E-state index in [2.05, 4.69) is 5.32 Å². The lowest BCUT2D eigenvalue weighted by Gasteiger charge is -2.34. The first-order valence-corrected chi connectivity index (χ1v) is 10.1. The van der Waals surface area contributed by atoms with Crippen LogP contribution in [0.25, 0.3) is 0 Å². The van der Waals surface area contributed by atoms with Crippen molar-refractivity contribution in [2.45, 2.75) is 19.0 Å². The second-order valence-electron chi connectivity index (χ2n) is 7.38. The van der Waals surface area contributed by atoms with Gasteiger partial charge in [-0.2, -0.15) is 0 Å². The summed E-state index contributed by atoms with van der Waals surface area (Å²) in [7, 11) is 1.37. The van der Waals surface area contributed by atoms with Crippen LogP contribution < -0.4 is 10.1 Å². The molecule has 1 aliphatic heterocycles. The summed E-state index contributed by atoms with van der Waals surface area (Å²) in [6.07, 6.45) is 0.518. The number of amides is 1. The number of esters is 1. The molecule has 1 N–H and O–H groups in total. The largest absolute Gasteiger partial charge is 0.468 e. The highest BCUT2D eigenvalue weighted by Gasteiger charge is 2.33. The fourth-order valence-electron chi connectivity index (χ4n) is 3.76. The SMILES string of the molecule is COC(=O)[C@@H]1Cc2ccccc2CN1CC(=O)Nc1ccccc1Oc1ccccc1. The Labute approximate surface area is 181 Å². The Bertz CT molecular complexity index is 1070. The van der Waals surface area contributed by atoms with Gasteiger partial charge in [0.2, 0.25) is 5.91 Å². The van der Waals surface area contributed by atoms with E-state index in [1.807, 2.05) is 71.6 Å². The van der Waals surface area contributed by atoms with Gasteiger partial charge < -0.3 is 14.8 Å². The average Bonchev–Trinajstić information content (AvgIpc) is 2.80. The van der Waals surface area contributed by atoms with Crippen LogP contribution in [0.15, 0.2) is 78.9 Å². The Morgan fingerprint density at radius 3 is 2.39 bits per heavy atom. The molecule has 3 aromatic carbocycles. The van der Waals surface area contributed by atoms with Gasteiger partial charge in [0, 0.05) is 6.54 Å². The number of benzene rings is 3. The molecule has 31 heavy (non-hydrogen) atoms. The van der Waals surface area contributed by atoms with Crippen molar-refractivity contribution in [3.8, 4) is 11.5 Å². The lowest BCUT2D eigenvalue weighted by molar-refractivity contribution is -0.148. The van der Waals surface area contributed by atoms with Crippen molar-refractivity contribution < 1.29 is 19.1 Å². The molecule has 6 nitrogen and oxygen atoms in total. The van der Waals surface area contributed by atoms with Crippen LogP contribution in [0.5, 0.6) is 11.5 Å². The normalized spacial score (nSPS) is 15.6. The number of fused-ring (bicyclic) bond motifs is 1. The van der Waals surface area contributed by atoms with Crippen LogP contribution in [0.4, 0.5) is 5.69 Å². The van der Waals surface area contributed by atoms with Gasteiger partial charge in [-0.1, -0.05) is 54.6 Å². The number of nitrogens with one attached hydrogen (secondary N) is 1. The number of rotatable bonds is 6. The number of anilines is 1. The van der Waals surface area contributed by atoms with E-state index in [0.717, 1.165) is 11.1 Å². The topological polar surface area (TPSA) is 67.9 Å². The average molecular weight is 416 g/mol. The van der Waals surface area contributed by atoms with E-state index < -0.39 is 6.04 Å². The Balaban J connectivity index is 1.49. The molecule has 3 aromatic rings. The predicted molar refractivity (Wildman–Crippen MR) is 118 cm³/mol. The van der Waals surface area contributed by atoms with Crippen molar-refractivity contribution >= 4 is 17.6 Å². The summed E-state index contributed by atoms with van der Waals surface area (Å²) in [5, 5.41) is 2.92. The molecule has 1 aliphatic rings. The smallest absolute Gasteiger partial charge is 0.323 e. The van der Waals surface area contributed by atoms with Gasteiger partial charge in [-0.25, -0.2) is 0 Å². The van der Waals surface area contributed by atoms with E-state index in [9.17, 15) is 9.59 Å². The molecular weight excluding hydrogens is 392 g/mol. The lowest BCUT2D eigenvalue weighted by atomic mass is 9.94. The van der Waals surface area contributed by atoms with E-state index >= 15 is 0 Å². The molecule has 0 bridgehead atoms. The number of ether oxygens (including phenoxy) is 2. The van der Waals surface area contributed by atoms with Crippen molar-refractivity contribution in [1.29, 1.82) is 0 Å².